The van der Waals surface area contributed by atoms with E-state index in [4.69, 9.17) is 0 Å². The maximum atomic E-state index is 3.92. The van der Waals surface area contributed by atoms with Crippen molar-refractivity contribution >= 4 is 0 Å². The minimum atomic E-state index is 0.605. The van der Waals surface area contributed by atoms with E-state index < -0.39 is 0 Å². The molecule has 1 N–H and O–H groups in total. The lowest BCUT2D eigenvalue weighted by atomic mass is 9.88. The first-order valence-electron chi connectivity index (χ1n) is 8.93. The van der Waals surface area contributed by atoms with Crippen LogP contribution in [0, 0.1) is 5.41 Å². The van der Waals surface area contributed by atoms with Gasteiger partial charge in [-0.05, 0) is 31.1 Å². The zero-order valence-corrected chi connectivity index (χ0v) is 13.8. The molecule has 0 unspecified atom stereocenters. The lowest BCUT2D eigenvalue weighted by Crippen LogP contribution is -2.37. The van der Waals surface area contributed by atoms with E-state index in [1.54, 1.807) is 0 Å². The Morgan fingerprint density at radius 2 is 1.42 bits per heavy atom. The highest BCUT2D eigenvalue weighted by Gasteiger charge is 2.28. The SMILES string of the molecule is CCCCCC(CCCCC)NCC1(C)CCCC1. The van der Waals surface area contributed by atoms with Crippen molar-refractivity contribution in [2.45, 2.75) is 104 Å². The van der Waals surface area contributed by atoms with Crippen molar-refractivity contribution in [2.75, 3.05) is 6.54 Å². The van der Waals surface area contributed by atoms with Crippen LogP contribution in [-0.2, 0) is 0 Å². The van der Waals surface area contributed by atoms with Gasteiger partial charge in [-0.25, -0.2) is 0 Å². The Labute approximate surface area is 121 Å². The standard InChI is InChI=1S/C18H37N/c1-4-6-8-12-17(13-9-7-5-2)19-16-18(3)14-10-11-15-18/h17,19H,4-16H2,1-3H3. The summed E-state index contributed by atoms with van der Waals surface area (Å²) in [6.07, 6.45) is 16.9. The average Bonchev–Trinajstić information content (AvgIpc) is 2.83. The summed E-state index contributed by atoms with van der Waals surface area (Å²) in [6, 6.07) is 0.788. The maximum Gasteiger partial charge on any atom is 0.00672 e. The second kappa shape index (κ2) is 9.80. The Morgan fingerprint density at radius 3 is 1.89 bits per heavy atom. The van der Waals surface area contributed by atoms with Crippen LogP contribution in [0.4, 0.5) is 0 Å². The van der Waals surface area contributed by atoms with Crippen molar-refractivity contribution < 1.29 is 0 Å². The zero-order valence-electron chi connectivity index (χ0n) is 13.8. The van der Waals surface area contributed by atoms with Gasteiger partial charge in [-0.1, -0.05) is 72.1 Å². The van der Waals surface area contributed by atoms with Crippen molar-refractivity contribution in [2.24, 2.45) is 5.41 Å². The minimum Gasteiger partial charge on any atom is -0.313 e. The van der Waals surface area contributed by atoms with E-state index in [1.807, 2.05) is 0 Å². The second-order valence-corrected chi connectivity index (χ2v) is 7.09. The fraction of sp³-hybridized carbons (Fsp3) is 1.00. The van der Waals surface area contributed by atoms with E-state index in [0.29, 0.717) is 5.41 Å². The number of hydrogen-bond acceptors (Lipinski definition) is 1. The van der Waals surface area contributed by atoms with Crippen molar-refractivity contribution in [1.29, 1.82) is 0 Å². The van der Waals surface area contributed by atoms with Gasteiger partial charge in [0.25, 0.3) is 0 Å². The van der Waals surface area contributed by atoms with Gasteiger partial charge in [-0.3, -0.25) is 0 Å². The average molecular weight is 268 g/mol. The van der Waals surface area contributed by atoms with Crippen molar-refractivity contribution in [3.05, 3.63) is 0 Å². The summed E-state index contributed by atoms with van der Waals surface area (Å²) >= 11 is 0. The third-order valence-corrected chi connectivity index (χ3v) is 4.94. The van der Waals surface area contributed by atoms with Gasteiger partial charge in [-0.15, -0.1) is 0 Å². The molecule has 0 aromatic heterocycles. The molecule has 0 aromatic rings. The first-order chi connectivity index (χ1) is 9.20. The number of nitrogens with one attached hydrogen (secondary N) is 1. The lowest BCUT2D eigenvalue weighted by molar-refractivity contribution is 0.283. The molecule has 19 heavy (non-hydrogen) atoms. The minimum absolute atomic E-state index is 0.605. The maximum absolute atomic E-state index is 3.92. The summed E-state index contributed by atoms with van der Waals surface area (Å²) in [5.74, 6) is 0. The molecule has 114 valence electrons. The number of rotatable bonds is 11. The smallest absolute Gasteiger partial charge is 0.00672 e. The van der Waals surface area contributed by atoms with Gasteiger partial charge in [0.1, 0.15) is 0 Å². The van der Waals surface area contributed by atoms with Crippen LogP contribution in [0.25, 0.3) is 0 Å². The van der Waals surface area contributed by atoms with Crippen molar-refractivity contribution in [3.63, 3.8) is 0 Å². The zero-order chi connectivity index (χ0) is 14.0. The van der Waals surface area contributed by atoms with E-state index in [-0.39, 0.29) is 0 Å². The van der Waals surface area contributed by atoms with E-state index in [2.05, 4.69) is 26.1 Å². The predicted octanol–water partition coefficient (Wildman–Crippen LogP) is 5.69. The Hall–Kier alpha value is -0.0400. The van der Waals surface area contributed by atoms with Gasteiger partial charge in [0, 0.05) is 12.6 Å². The van der Waals surface area contributed by atoms with Gasteiger partial charge in [0.05, 0.1) is 0 Å². The molecule has 1 fully saturated rings. The molecule has 1 saturated carbocycles. The highest BCUT2D eigenvalue weighted by molar-refractivity contribution is 4.84. The van der Waals surface area contributed by atoms with E-state index in [9.17, 15) is 0 Å². The van der Waals surface area contributed by atoms with Gasteiger partial charge in [0.2, 0.25) is 0 Å². The summed E-state index contributed by atoms with van der Waals surface area (Å²) < 4.78 is 0. The molecule has 0 heterocycles. The van der Waals surface area contributed by atoms with Gasteiger partial charge < -0.3 is 5.32 Å². The van der Waals surface area contributed by atoms with Crippen molar-refractivity contribution in [3.8, 4) is 0 Å². The largest absolute Gasteiger partial charge is 0.313 e. The lowest BCUT2D eigenvalue weighted by Gasteiger charge is -2.28. The number of unbranched alkanes of at least 4 members (excludes halogenated alkanes) is 4. The highest BCUT2D eigenvalue weighted by atomic mass is 14.9. The van der Waals surface area contributed by atoms with Crippen LogP contribution in [0.15, 0.2) is 0 Å². The molecule has 1 rings (SSSR count). The van der Waals surface area contributed by atoms with Crippen LogP contribution >= 0.6 is 0 Å². The molecule has 1 heteroatoms. The van der Waals surface area contributed by atoms with E-state index >= 15 is 0 Å². The summed E-state index contributed by atoms with van der Waals surface area (Å²) in [5, 5.41) is 3.92. The van der Waals surface area contributed by atoms with Crippen LogP contribution in [0.1, 0.15) is 97.8 Å². The molecule has 0 atom stereocenters. The normalized spacial score (nSPS) is 18.3. The van der Waals surface area contributed by atoms with Crippen molar-refractivity contribution in [1.82, 2.24) is 5.32 Å². The first kappa shape index (κ1) is 17.0. The van der Waals surface area contributed by atoms with Crippen LogP contribution in [0.3, 0.4) is 0 Å². The van der Waals surface area contributed by atoms with Crippen LogP contribution in [-0.4, -0.2) is 12.6 Å². The Kier molecular flexibility index (Phi) is 8.77. The van der Waals surface area contributed by atoms with Crippen LogP contribution in [0.5, 0.6) is 0 Å². The monoisotopic (exact) mass is 267 g/mol. The second-order valence-electron chi connectivity index (χ2n) is 7.09. The third-order valence-electron chi connectivity index (χ3n) is 4.94. The summed E-state index contributed by atoms with van der Waals surface area (Å²) in [7, 11) is 0. The van der Waals surface area contributed by atoms with E-state index in [1.165, 1.54) is 83.6 Å². The molecule has 0 radical (unpaired) electrons. The van der Waals surface area contributed by atoms with Gasteiger partial charge in [0.15, 0.2) is 0 Å². The molecule has 0 aromatic carbocycles. The van der Waals surface area contributed by atoms with Gasteiger partial charge in [-0.2, -0.15) is 0 Å². The van der Waals surface area contributed by atoms with E-state index in [0.717, 1.165) is 6.04 Å². The van der Waals surface area contributed by atoms with Gasteiger partial charge >= 0.3 is 0 Å². The molecule has 0 bridgehead atoms. The third kappa shape index (κ3) is 7.34. The first-order valence-corrected chi connectivity index (χ1v) is 8.93. The predicted molar refractivity (Wildman–Crippen MR) is 86.6 cm³/mol. The summed E-state index contributed by atoms with van der Waals surface area (Å²) in [6.45, 7) is 8.36. The molecular formula is C18H37N. The molecular weight excluding hydrogens is 230 g/mol. The molecule has 0 saturated heterocycles. The Morgan fingerprint density at radius 1 is 0.895 bits per heavy atom. The molecule has 1 nitrogen and oxygen atoms in total. The molecule has 0 spiro atoms. The Balaban J connectivity index is 2.25. The van der Waals surface area contributed by atoms with Crippen LogP contribution < -0.4 is 5.32 Å². The molecule has 0 aliphatic heterocycles. The summed E-state index contributed by atoms with van der Waals surface area (Å²) in [5.41, 5.74) is 0.605. The fourth-order valence-corrected chi connectivity index (χ4v) is 3.43. The molecule has 1 aliphatic carbocycles. The highest BCUT2D eigenvalue weighted by Crippen LogP contribution is 2.36. The summed E-state index contributed by atoms with van der Waals surface area (Å²) in [4.78, 5) is 0. The topological polar surface area (TPSA) is 12.0 Å². The fourth-order valence-electron chi connectivity index (χ4n) is 3.43. The molecule has 1 aliphatic rings. The molecule has 0 amide bonds. The number of hydrogen-bond donors (Lipinski definition) is 1. The quantitative estimate of drug-likeness (QED) is 0.474. The Bertz CT molecular complexity index is 196. The van der Waals surface area contributed by atoms with Crippen LogP contribution in [0.2, 0.25) is 0 Å².